The molecule has 14 nitrogen and oxygen atoms in total. The van der Waals surface area contributed by atoms with Crippen molar-refractivity contribution in [1.29, 1.82) is 0 Å². The molecule has 8 atom stereocenters. The zero-order valence-electron chi connectivity index (χ0n) is 25.0. The number of hydrogen-bond donors (Lipinski definition) is 5. The Bertz CT molecular complexity index is 1730. The largest absolute Gasteiger partial charge is 0.394 e. The Morgan fingerprint density at radius 3 is 1.93 bits per heavy atom. The van der Waals surface area contributed by atoms with Crippen molar-refractivity contribution in [2.75, 3.05) is 18.1 Å². The maximum absolute atomic E-state index is 9.99. The molecule has 4 aromatic heterocycles. The van der Waals surface area contributed by atoms with E-state index in [9.17, 15) is 10.2 Å². The molecule has 0 saturated carbocycles. The van der Waals surface area contributed by atoms with Crippen LogP contribution in [0.3, 0.4) is 0 Å². The normalized spacial score (nSPS) is 28.0. The molecule has 6 heterocycles. The predicted molar refractivity (Wildman–Crippen MR) is 164 cm³/mol. The summed E-state index contributed by atoms with van der Waals surface area (Å²) >= 11 is 0. The molecule has 1 aromatic carbocycles. The molecule has 0 bridgehead atoms. The highest BCUT2D eigenvalue weighted by Gasteiger charge is 2.45. The van der Waals surface area contributed by atoms with E-state index in [1.807, 2.05) is 34.8 Å². The van der Waals surface area contributed by atoms with E-state index in [2.05, 4.69) is 46.1 Å². The van der Waals surface area contributed by atoms with Crippen molar-refractivity contribution >= 4 is 22.7 Å². The monoisotopic (exact) mass is 618 g/mol. The zero-order valence-corrected chi connectivity index (χ0v) is 25.0. The average Bonchev–Trinajstić information content (AvgIpc) is 3.82. The van der Waals surface area contributed by atoms with Gasteiger partial charge in [-0.15, -0.1) is 0 Å². The maximum atomic E-state index is 9.99. The lowest BCUT2D eigenvalue weighted by atomic mass is 9.95. The van der Waals surface area contributed by atoms with Crippen LogP contribution in [0.4, 0.5) is 11.6 Å². The summed E-state index contributed by atoms with van der Waals surface area (Å²) in [6.07, 6.45) is -0.215. The van der Waals surface area contributed by atoms with Gasteiger partial charge in [-0.2, -0.15) is 10.2 Å². The summed E-state index contributed by atoms with van der Waals surface area (Å²) in [6.45, 7) is 4.54. The number of nitrogen functional groups attached to an aromatic ring is 2. The summed E-state index contributed by atoms with van der Waals surface area (Å²) in [7, 11) is 0. The van der Waals surface area contributed by atoms with Crippen molar-refractivity contribution in [2.45, 2.75) is 69.6 Å². The van der Waals surface area contributed by atoms with Gasteiger partial charge in [-0.25, -0.2) is 19.0 Å². The van der Waals surface area contributed by atoms with Crippen LogP contribution in [-0.4, -0.2) is 81.6 Å². The summed E-state index contributed by atoms with van der Waals surface area (Å²) in [5.74, 6) is 1.07. The molecular formula is C31H38N8O6. The molecule has 14 heteroatoms. The number of anilines is 2. The van der Waals surface area contributed by atoms with Crippen molar-refractivity contribution in [3.63, 3.8) is 0 Å². The van der Waals surface area contributed by atoms with Gasteiger partial charge in [0.05, 0.1) is 36.8 Å². The topological polar surface area (TPSA) is 201 Å². The Morgan fingerprint density at radius 1 is 0.800 bits per heavy atom. The van der Waals surface area contributed by atoms with E-state index in [1.54, 1.807) is 12.1 Å². The highest BCUT2D eigenvalue weighted by molar-refractivity contribution is 5.66. The molecule has 45 heavy (non-hydrogen) atoms. The van der Waals surface area contributed by atoms with Crippen molar-refractivity contribution in [3.8, 4) is 0 Å². The van der Waals surface area contributed by atoms with E-state index in [0.717, 1.165) is 23.2 Å². The second-order valence-electron chi connectivity index (χ2n) is 11.3. The highest BCUT2D eigenvalue weighted by Crippen LogP contribution is 2.41. The Morgan fingerprint density at radius 2 is 1.38 bits per heavy atom. The Balaban J connectivity index is 0.000000167. The van der Waals surface area contributed by atoms with E-state index < -0.39 is 24.4 Å². The van der Waals surface area contributed by atoms with Gasteiger partial charge in [-0.3, -0.25) is 0 Å². The van der Waals surface area contributed by atoms with Gasteiger partial charge in [0.15, 0.2) is 11.6 Å². The number of hydrogen-bond acceptors (Lipinski definition) is 12. The first-order valence-corrected chi connectivity index (χ1v) is 14.9. The van der Waals surface area contributed by atoms with Gasteiger partial charge in [-0.1, -0.05) is 44.2 Å². The van der Waals surface area contributed by atoms with Gasteiger partial charge >= 0.3 is 0 Å². The van der Waals surface area contributed by atoms with Gasteiger partial charge in [0, 0.05) is 5.92 Å². The molecule has 7 rings (SSSR count). The van der Waals surface area contributed by atoms with Crippen LogP contribution in [0, 0.1) is 5.92 Å². The third-order valence-electron chi connectivity index (χ3n) is 8.56. The second-order valence-corrected chi connectivity index (χ2v) is 11.3. The number of aliphatic hydroxyl groups excluding tert-OH is 3. The van der Waals surface area contributed by atoms with Gasteiger partial charge in [0.2, 0.25) is 0 Å². The van der Waals surface area contributed by atoms with Crippen molar-refractivity contribution < 1.29 is 29.5 Å². The summed E-state index contributed by atoms with van der Waals surface area (Å²) in [5.41, 5.74) is 15.7. The predicted octanol–water partition coefficient (Wildman–Crippen LogP) is 1.85. The van der Waals surface area contributed by atoms with Gasteiger partial charge < -0.3 is 41.0 Å². The van der Waals surface area contributed by atoms with E-state index in [1.165, 1.54) is 17.2 Å². The fourth-order valence-electron chi connectivity index (χ4n) is 6.11. The number of fused-ring (bicyclic) bond motifs is 2. The van der Waals surface area contributed by atoms with Crippen molar-refractivity contribution in [3.05, 3.63) is 84.2 Å². The summed E-state index contributed by atoms with van der Waals surface area (Å²) in [5, 5.41) is 37.2. The molecule has 0 spiro atoms. The maximum Gasteiger partial charge on any atom is 0.151 e. The molecule has 2 saturated heterocycles. The van der Waals surface area contributed by atoms with Crippen LogP contribution in [-0.2, 0) is 20.8 Å². The lowest BCUT2D eigenvalue weighted by molar-refractivity contribution is -0.0362. The van der Waals surface area contributed by atoms with Crippen LogP contribution < -0.4 is 11.5 Å². The summed E-state index contributed by atoms with van der Waals surface area (Å²) in [4.78, 5) is 7.93. The smallest absolute Gasteiger partial charge is 0.151 e. The third kappa shape index (κ3) is 5.83. The second kappa shape index (κ2) is 13.0. The van der Waals surface area contributed by atoms with E-state index >= 15 is 0 Å². The first-order chi connectivity index (χ1) is 21.8. The fraction of sp³-hybridized carbons (Fsp3) is 0.419. The molecule has 2 aliphatic heterocycles. The van der Waals surface area contributed by atoms with Gasteiger partial charge in [-0.05, 0) is 36.2 Å². The van der Waals surface area contributed by atoms with Crippen LogP contribution in [0.25, 0.3) is 11.0 Å². The van der Waals surface area contributed by atoms with Crippen molar-refractivity contribution in [2.24, 2.45) is 5.92 Å². The lowest BCUT2D eigenvalue weighted by Crippen LogP contribution is -2.32. The van der Waals surface area contributed by atoms with Crippen LogP contribution >= 0.6 is 0 Å². The molecule has 2 aliphatic rings. The molecular weight excluding hydrogens is 580 g/mol. The number of ether oxygens (including phenoxy) is 3. The number of aromatic nitrogens is 6. The molecule has 5 aromatic rings. The minimum Gasteiger partial charge on any atom is -0.394 e. The Kier molecular flexibility index (Phi) is 8.94. The lowest BCUT2D eigenvalue weighted by Gasteiger charge is -2.22. The molecule has 7 N–H and O–H groups in total. The SMILES string of the molecule is CC[C@H]1O[C@@H](c2ccc3c(N)ncnn23)[C@H](OCc2ccccc2)[C@@H]1C.Nc1ncnn2c([C@@H]3O[C@H](CO)[C@@H](O)[C@H]3O)ccc12. The first kappa shape index (κ1) is 30.8. The summed E-state index contributed by atoms with van der Waals surface area (Å²) < 4.78 is 21.5. The minimum atomic E-state index is -1.14. The number of benzene rings is 1. The molecule has 0 aliphatic carbocycles. The van der Waals surface area contributed by atoms with E-state index in [-0.39, 0.29) is 24.9 Å². The fourth-order valence-corrected chi connectivity index (χ4v) is 6.11. The summed E-state index contributed by atoms with van der Waals surface area (Å²) in [6, 6.07) is 17.6. The van der Waals surface area contributed by atoms with E-state index in [0.29, 0.717) is 35.4 Å². The molecule has 0 amide bonds. The third-order valence-corrected chi connectivity index (χ3v) is 8.56. The highest BCUT2D eigenvalue weighted by atomic mass is 16.6. The first-order valence-electron chi connectivity index (χ1n) is 14.9. The standard InChI is InChI=1S/C20H24N4O2.C11H14N4O4/c1-3-17-13(2)18(25-11-14-7-5-4-6-8-14)19(26-17)15-9-10-16-20(21)22-12-23-24(15)16;12-11-6-2-1-5(15(6)14-4-13-11)10-9(18)8(17)7(3-16)19-10/h4-10,12-13,17-19H,3,11H2,1-2H3,(H2,21,22,23);1-2,4,7-10,16-18H,3H2,(H2,12,13,14)/t13-,17-,18-,19+;7-,8-,9-,10+/m11/s1. The molecule has 2 fully saturated rings. The average molecular weight is 619 g/mol. The van der Waals surface area contributed by atoms with Gasteiger partial charge in [0.25, 0.3) is 0 Å². The molecule has 0 radical (unpaired) electrons. The van der Waals surface area contributed by atoms with Crippen LogP contribution in [0.5, 0.6) is 0 Å². The Hall–Kier alpha value is -4.18. The minimum absolute atomic E-state index is 0.0468. The van der Waals surface area contributed by atoms with Gasteiger partial charge in [0.1, 0.15) is 54.2 Å². The molecule has 0 unspecified atom stereocenters. The number of aliphatic hydroxyl groups is 3. The zero-order chi connectivity index (χ0) is 31.7. The Labute approximate surface area is 259 Å². The van der Waals surface area contributed by atoms with Crippen LogP contribution in [0.15, 0.2) is 67.3 Å². The number of nitrogens with two attached hydrogens (primary N) is 2. The van der Waals surface area contributed by atoms with Crippen LogP contribution in [0.1, 0.15) is 49.4 Å². The quantitative estimate of drug-likeness (QED) is 0.178. The van der Waals surface area contributed by atoms with Crippen LogP contribution in [0.2, 0.25) is 0 Å². The van der Waals surface area contributed by atoms with E-state index in [4.69, 9.17) is 30.8 Å². The molecule has 238 valence electrons. The van der Waals surface area contributed by atoms with Crippen molar-refractivity contribution in [1.82, 2.24) is 29.2 Å². The number of nitrogens with zero attached hydrogens (tertiary/aromatic N) is 6. The number of rotatable bonds is 7.